The predicted molar refractivity (Wildman–Crippen MR) is 105 cm³/mol. The first kappa shape index (κ1) is 17.5. The van der Waals surface area contributed by atoms with Gasteiger partial charge in [-0.25, -0.2) is 4.98 Å². The summed E-state index contributed by atoms with van der Waals surface area (Å²) in [7, 11) is 3.73. The van der Waals surface area contributed by atoms with Gasteiger partial charge in [0, 0.05) is 18.2 Å². The number of hydrogen-bond acceptors (Lipinski definition) is 4. The van der Waals surface area contributed by atoms with E-state index >= 15 is 0 Å². The smallest absolute Gasteiger partial charge is 0.251 e. The predicted octanol–water partition coefficient (Wildman–Crippen LogP) is 3.14. The van der Waals surface area contributed by atoms with Crippen LogP contribution in [0.5, 0.6) is 5.75 Å². The van der Waals surface area contributed by atoms with Crippen LogP contribution in [0.1, 0.15) is 35.1 Å². The molecule has 1 saturated heterocycles. The molecule has 140 valence electrons. The Morgan fingerprint density at radius 1 is 1.22 bits per heavy atom. The number of rotatable bonds is 4. The number of hydrogen-bond donors (Lipinski definition) is 2. The summed E-state index contributed by atoms with van der Waals surface area (Å²) in [5.41, 5.74) is 2.67. The summed E-state index contributed by atoms with van der Waals surface area (Å²) in [6, 6.07) is 15.5. The third kappa shape index (κ3) is 3.66. The number of aromatic nitrogens is 2. The number of nitrogens with zero attached hydrogens (tertiary/aromatic N) is 2. The Morgan fingerprint density at radius 3 is 2.74 bits per heavy atom. The molecule has 1 amide bonds. The lowest BCUT2D eigenvalue weighted by Gasteiger charge is -2.36. The molecule has 6 nitrogen and oxygen atoms in total. The molecule has 0 aliphatic carbocycles. The molecule has 1 aliphatic rings. The summed E-state index contributed by atoms with van der Waals surface area (Å²) in [5.74, 6) is 1.66. The normalized spacial score (nSPS) is 20.5. The molecule has 0 radical (unpaired) electrons. The van der Waals surface area contributed by atoms with E-state index in [4.69, 9.17) is 9.72 Å². The van der Waals surface area contributed by atoms with Crippen molar-refractivity contribution < 1.29 is 9.53 Å². The highest BCUT2D eigenvalue weighted by Crippen LogP contribution is 2.29. The van der Waals surface area contributed by atoms with Gasteiger partial charge in [0.05, 0.1) is 24.2 Å². The Morgan fingerprint density at radius 2 is 2.00 bits per heavy atom. The number of methoxy groups -OCH3 is 1. The van der Waals surface area contributed by atoms with Crippen LogP contribution in [0.3, 0.4) is 0 Å². The molecule has 6 heteroatoms. The SMILES string of the molecule is COc1ccc(C(=O)N[C@@H]2CCN(C)[C@@H](c3nc4ccccc4[nH]3)C2)cc1. The molecule has 2 aromatic carbocycles. The lowest BCUT2D eigenvalue weighted by Crippen LogP contribution is -2.45. The minimum Gasteiger partial charge on any atom is -0.497 e. The van der Waals surface area contributed by atoms with Gasteiger partial charge in [0.15, 0.2) is 0 Å². The van der Waals surface area contributed by atoms with E-state index in [1.807, 2.05) is 24.3 Å². The number of fused-ring (bicyclic) bond motifs is 1. The molecule has 0 saturated carbocycles. The molecule has 4 rings (SSSR count). The lowest BCUT2D eigenvalue weighted by molar-refractivity contribution is 0.0884. The van der Waals surface area contributed by atoms with E-state index in [0.29, 0.717) is 5.56 Å². The zero-order valence-electron chi connectivity index (χ0n) is 15.6. The first-order chi connectivity index (χ1) is 13.1. The first-order valence-corrected chi connectivity index (χ1v) is 9.24. The van der Waals surface area contributed by atoms with Gasteiger partial charge < -0.3 is 15.0 Å². The van der Waals surface area contributed by atoms with Crippen molar-refractivity contribution in [1.82, 2.24) is 20.2 Å². The maximum Gasteiger partial charge on any atom is 0.251 e. The van der Waals surface area contributed by atoms with E-state index in [1.54, 1.807) is 31.4 Å². The second-order valence-electron chi connectivity index (χ2n) is 7.06. The third-order valence-corrected chi connectivity index (χ3v) is 5.28. The van der Waals surface area contributed by atoms with Gasteiger partial charge in [-0.15, -0.1) is 0 Å². The molecular formula is C21H24N4O2. The van der Waals surface area contributed by atoms with Gasteiger partial charge in [-0.3, -0.25) is 9.69 Å². The Labute approximate surface area is 158 Å². The number of likely N-dealkylation sites (tertiary alicyclic amines) is 1. The number of benzene rings is 2. The number of H-pyrrole nitrogens is 1. The van der Waals surface area contributed by atoms with Crippen molar-refractivity contribution in [2.24, 2.45) is 0 Å². The number of carbonyl (C=O) groups excluding carboxylic acids is 1. The number of amides is 1. The first-order valence-electron chi connectivity index (χ1n) is 9.24. The summed E-state index contributed by atoms with van der Waals surface area (Å²) in [4.78, 5) is 23.1. The molecule has 2 N–H and O–H groups in total. The molecule has 1 aliphatic heterocycles. The summed E-state index contributed by atoms with van der Waals surface area (Å²) >= 11 is 0. The van der Waals surface area contributed by atoms with Crippen LogP contribution < -0.4 is 10.1 Å². The van der Waals surface area contributed by atoms with Crippen LogP contribution in [-0.2, 0) is 0 Å². The zero-order chi connectivity index (χ0) is 18.8. The van der Waals surface area contributed by atoms with Crippen LogP contribution in [0.15, 0.2) is 48.5 Å². The van der Waals surface area contributed by atoms with Crippen LogP contribution in [0.25, 0.3) is 11.0 Å². The molecule has 2 atom stereocenters. The van der Waals surface area contributed by atoms with Crippen LogP contribution in [0, 0.1) is 0 Å². The molecular weight excluding hydrogens is 340 g/mol. The van der Waals surface area contributed by atoms with Crippen molar-refractivity contribution >= 4 is 16.9 Å². The Bertz CT molecular complexity index is 902. The van der Waals surface area contributed by atoms with E-state index in [9.17, 15) is 4.79 Å². The number of ether oxygens (including phenoxy) is 1. The number of piperidine rings is 1. The van der Waals surface area contributed by atoms with Gasteiger partial charge in [-0.05, 0) is 56.3 Å². The Kier molecular flexibility index (Phi) is 4.81. The van der Waals surface area contributed by atoms with Crippen molar-refractivity contribution in [3.8, 4) is 5.75 Å². The molecule has 1 fully saturated rings. The van der Waals surface area contributed by atoms with Gasteiger partial charge in [0.1, 0.15) is 11.6 Å². The number of para-hydroxylation sites is 2. The molecule has 27 heavy (non-hydrogen) atoms. The topological polar surface area (TPSA) is 70.2 Å². The molecule has 2 heterocycles. The van der Waals surface area contributed by atoms with E-state index in [2.05, 4.69) is 22.2 Å². The largest absolute Gasteiger partial charge is 0.497 e. The zero-order valence-corrected chi connectivity index (χ0v) is 15.6. The minimum atomic E-state index is -0.0458. The average Bonchev–Trinajstić information content (AvgIpc) is 3.13. The van der Waals surface area contributed by atoms with Gasteiger partial charge in [-0.2, -0.15) is 0 Å². The minimum absolute atomic E-state index is 0.0458. The van der Waals surface area contributed by atoms with Crippen molar-refractivity contribution in [1.29, 1.82) is 0 Å². The summed E-state index contributed by atoms with van der Waals surface area (Å²) < 4.78 is 5.15. The fourth-order valence-corrected chi connectivity index (χ4v) is 3.68. The number of nitrogens with one attached hydrogen (secondary N) is 2. The van der Waals surface area contributed by atoms with Crippen LogP contribution in [0.2, 0.25) is 0 Å². The fourth-order valence-electron chi connectivity index (χ4n) is 3.68. The van der Waals surface area contributed by atoms with E-state index in [0.717, 1.165) is 42.0 Å². The monoisotopic (exact) mass is 364 g/mol. The van der Waals surface area contributed by atoms with Crippen molar-refractivity contribution in [3.05, 3.63) is 59.9 Å². The Balaban J connectivity index is 1.47. The molecule has 0 bridgehead atoms. The van der Waals surface area contributed by atoms with E-state index < -0.39 is 0 Å². The fraction of sp³-hybridized carbons (Fsp3) is 0.333. The number of imidazole rings is 1. The van der Waals surface area contributed by atoms with E-state index in [-0.39, 0.29) is 18.0 Å². The molecule has 0 unspecified atom stereocenters. The molecule has 1 aromatic heterocycles. The maximum atomic E-state index is 12.6. The second kappa shape index (κ2) is 7.40. The highest BCUT2D eigenvalue weighted by Gasteiger charge is 2.30. The van der Waals surface area contributed by atoms with Gasteiger partial charge >= 0.3 is 0 Å². The van der Waals surface area contributed by atoms with Crippen molar-refractivity contribution in [2.75, 3.05) is 20.7 Å². The quantitative estimate of drug-likeness (QED) is 0.746. The molecule has 3 aromatic rings. The average molecular weight is 364 g/mol. The lowest BCUT2D eigenvalue weighted by atomic mass is 9.96. The van der Waals surface area contributed by atoms with E-state index in [1.165, 1.54) is 0 Å². The summed E-state index contributed by atoms with van der Waals surface area (Å²) in [6.07, 6.45) is 1.76. The van der Waals surface area contributed by atoms with Gasteiger partial charge in [0.2, 0.25) is 0 Å². The van der Waals surface area contributed by atoms with Crippen LogP contribution in [-0.4, -0.2) is 47.5 Å². The van der Waals surface area contributed by atoms with Crippen LogP contribution in [0.4, 0.5) is 0 Å². The standard InChI is InChI=1S/C21H24N4O2/c1-25-12-11-15(22-21(26)14-7-9-16(27-2)10-8-14)13-19(25)20-23-17-5-3-4-6-18(17)24-20/h3-10,15,19H,11-13H2,1-2H3,(H,22,26)(H,23,24)/t15-,19-/m1/s1. The third-order valence-electron chi connectivity index (χ3n) is 5.28. The maximum absolute atomic E-state index is 12.6. The number of aromatic amines is 1. The Hall–Kier alpha value is -2.86. The summed E-state index contributed by atoms with van der Waals surface area (Å²) in [5, 5.41) is 3.18. The van der Waals surface area contributed by atoms with Crippen molar-refractivity contribution in [2.45, 2.75) is 24.9 Å². The highest BCUT2D eigenvalue weighted by atomic mass is 16.5. The highest BCUT2D eigenvalue weighted by molar-refractivity contribution is 5.94. The second-order valence-corrected chi connectivity index (χ2v) is 7.06. The van der Waals surface area contributed by atoms with Crippen LogP contribution >= 0.6 is 0 Å². The van der Waals surface area contributed by atoms with Gasteiger partial charge in [0.25, 0.3) is 5.91 Å². The summed E-state index contributed by atoms with van der Waals surface area (Å²) in [6.45, 7) is 0.912. The van der Waals surface area contributed by atoms with Gasteiger partial charge in [-0.1, -0.05) is 12.1 Å². The molecule has 0 spiro atoms. The van der Waals surface area contributed by atoms with Crippen molar-refractivity contribution in [3.63, 3.8) is 0 Å². The number of carbonyl (C=O) groups is 1.